The van der Waals surface area contributed by atoms with Gasteiger partial charge in [0, 0.05) is 6.20 Å². The van der Waals surface area contributed by atoms with Crippen LogP contribution in [0.25, 0.3) is 0 Å². The summed E-state index contributed by atoms with van der Waals surface area (Å²) < 4.78 is 66.0. The molecule has 0 aliphatic rings. The number of alkyl halides is 3. The number of nitrogens with one attached hydrogen (secondary N) is 2. The van der Waals surface area contributed by atoms with E-state index in [1.165, 1.54) is 0 Å². The normalized spacial score (nSPS) is 12.5. The largest absolute Gasteiger partial charge is 0.417 e. The highest BCUT2D eigenvalue weighted by Crippen LogP contribution is 2.32. The fourth-order valence-electron chi connectivity index (χ4n) is 1.98. The van der Waals surface area contributed by atoms with E-state index in [4.69, 9.17) is 10.2 Å². The van der Waals surface area contributed by atoms with Crippen LogP contribution < -0.4 is 10.8 Å². The molecule has 0 aliphatic carbocycles. The van der Waals surface area contributed by atoms with Crippen LogP contribution >= 0.6 is 0 Å². The molecule has 0 saturated heterocycles. The lowest BCUT2D eigenvalue weighted by molar-refractivity contribution is -0.137. The molecule has 12 heteroatoms. The van der Waals surface area contributed by atoms with Gasteiger partial charge in [-0.2, -0.15) is 13.2 Å². The third kappa shape index (κ3) is 5.34. The molecule has 0 spiro atoms. The number of halogens is 5. The highest BCUT2D eigenvalue weighted by molar-refractivity contribution is 5.99. The van der Waals surface area contributed by atoms with E-state index in [-0.39, 0.29) is 5.69 Å². The number of aromatic nitrogens is 1. The molecule has 0 fully saturated rings. The molecule has 4 N–H and O–H groups in total. The number of carbonyl (C=O) groups is 1. The van der Waals surface area contributed by atoms with Crippen LogP contribution in [0.15, 0.2) is 30.6 Å². The summed E-state index contributed by atoms with van der Waals surface area (Å²) in [4.78, 5) is 20.1. The van der Waals surface area contributed by atoms with Gasteiger partial charge in [-0.25, -0.2) is 14.3 Å². The second-order valence-corrected chi connectivity index (χ2v) is 5.45. The third-order valence-corrected chi connectivity index (χ3v) is 3.33. The van der Waals surface area contributed by atoms with E-state index in [1.807, 2.05) is 5.48 Å². The van der Waals surface area contributed by atoms with E-state index in [1.54, 1.807) is 0 Å². The molecular weight excluding hydrogens is 393 g/mol. The highest BCUT2D eigenvalue weighted by atomic mass is 19.4. The summed E-state index contributed by atoms with van der Waals surface area (Å²) in [5.41, 5.74) is -0.878. The number of benzene rings is 1. The number of pyridine rings is 1. The fraction of sp³-hybridized carbons (Fsp3) is 0.250. The zero-order valence-electron chi connectivity index (χ0n) is 13.9. The van der Waals surface area contributed by atoms with Gasteiger partial charge in [0.25, 0.3) is 5.91 Å². The van der Waals surface area contributed by atoms with Gasteiger partial charge in [-0.1, -0.05) is 0 Å². The summed E-state index contributed by atoms with van der Waals surface area (Å²) in [5.74, 6) is -3.94. The maximum absolute atomic E-state index is 14.2. The molecule has 7 nitrogen and oxygen atoms in total. The molecule has 0 saturated carbocycles. The first kappa shape index (κ1) is 21.5. The van der Waals surface area contributed by atoms with Crippen LogP contribution in [0.5, 0.6) is 0 Å². The van der Waals surface area contributed by atoms with Gasteiger partial charge >= 0.3 is 6.18 Å². The van der Waals surface area contributed by atoms with Crippen LogP contribution in [0.3, 0.4) is 0 Å². The molecule has 1 unspecified atom stereocenters. The van der Waals surface area contributed by atoms with Crippen molar-refractivity contribution in [3.05, 3.63) is 53.4 Å². The summed E-state index contributed by atoms with van der Waals surface area (Å²) in [6, 6.07) is 2.12. The van der Waals surface area contributed by atoms with Gasteiger partial charge in [0.1, 0.15) is 12.7 Å². The molecule has 152 valence electrons. The number of rotatable bonds is 7. The van der Waals surface area contributed by atoms with E-state index >= 15 is 0 Å². The molecule has 1 amide bonds. The topological polar surface area (TPSA) is 104 Å². The zero-order valence-corrected chi connectivity index (χ0v) is 13.9. The molecule has 1 atom stereocenters. The Kier molecular flexibility index (Phi) is 6.83. The van der Waals surface area contributed by atoms with Gasteiger partial charge in [-0.3, -0.25) is 14.6 Å². The van der Waals surface area contributed by atoms with Crippen LogP contribution in [-0.2, 0) is 11.0 Å². The van der Waals surface area contributed by atoms with Crippen molar-refractivity contribution in [1.82, 2.24) is 10.5 Å². The maximum Gasteiger partial charge on any atom is 0.417 e. The van der Waals surface area contributed by atoms with Crippen LogP contribution in [0.2, 0.25) is 0 Å². The Labute approximate surface area is 154 Å². The molecule has 2 aromatic rings. The second-order valence-electron chi connectivity index (χ2n) is 5.45. The third-order valence-electron chi connectivity index (χ3n) is 3.33. The molecular formula is C16H14F5N3O4. The Balaban J connectivity index is 2.29. The van der Waals surface area contributed by atoms with Crippen molar-refractivity contribution in [1.29, 1.82) is 0 Å². The predicted octanol–water partition coefficient (Wildman–Crippen LogP) is 2.14. The first-order chi connectivity index (χ1) is 13.1. The minimum Gasteiger partial charge on any atom is -0.394 e. The average Bonchev–Trinajstić information content (AvgIpc) is 2.65. The van der Waals surface area contributed by atoms with Crippen LogP contribution in [0.1, 0.15) is 15.9 Å². The summed E-state index contributed by atoms with van der Waals surface area (Å²) in [7, 11) is 0. The van der Waals surface area contributed by atoms with Crippen molar-refractivity contribution in [2.75, 3.05) is 18.5 Å². The number of hydrogen-bond acceptors (Lipinski definition) is 6. The smallest absolute Gasteiger partial charge is 0.394 e. The van der Waals surface area contributed by atoms with E-state index < -0.39 is 59.8 Å². The van der Waals surface area contributed by atoms with Gasteiger partial charge < -0.3 is 15.5 Å². The Hall–Kier alpha value is -2.83. The van der Waals surface area contributed by atoms with Crippen LogP contribution in [0, 0.1) is 11.6 Å². The van der Waals surface area contributed by atoms with E-state index in [9.17, 15) is 26.7 Å². The van der Waals surface area contributed by atoms with E-state index in [0.717, 1.165) is 12.3 Å². The standard InChI is InChI=1S/C16H14F5N3O4/c17-12-2-1-11(15(27)24-28-7-10(26)6-25)14(13(12)18)23-9-3-8(4-22-5-9)16(19,20)21/h1-5,10,23,25-26H,6-7H2,(H,24,27). The number of carbonyl (C=O) groups excluding carboxylic acids is 1. The SMILES string of the molecule is O=C(NOCC(O)CO)c1ccc(F)c(F)c1Nc1cncc(C(F)(F)F)c1. The van der Waals surface area contributed by atoms with Crippen LogP contribution in [-0.4, -0.2) is 40.4 Å². The number of aliphatic hydroxyl groups excluding tert-OH is 2. The maximum atomic E-state index is 14.2. The lowest BCUT2D eigenvalue weighted by Crippen LogP contribution is -2.30. The van der Waals surface area contributed by atoms with Crippen molar-refractivity contribution >= 4 is 17.3 Å². The number of aliphatic hydroxyl groups is 2. The molecule has 2 rings (SSSR count). The summed E-state index contributed by atoms with van der Waals surface area (Å²) >= 11 is 0. The number of amides is 1. The fourth-order valence-corrected chi connectivity index (χ4v) is 1.98. The van der Waals surface area contributed by atoms with Gasteiger partial charge in [0.15, 0.2) is 11.6 Å². The first-order valence-corrected chi connectivity index (χ1v) is 7.61. The Morgan fingerprint density at radius 2 is 1.96 bits per heavy atom. The van der Waals surface area contributed by atoms with Gasteiger partial charge in [0.2, 0.25) is 0 Å². The minimum absolute atomic E-state index is 0.343. The quantitative estimate of drug-likeness (QED) is 0.414. The van der Waals surface area contributed by atoms with Gasteiger partial charge in [0.05, 0.1) is 35.3 Å². The van der Waals surface area contributed by atoms with Crippen molar-refractivity contribution in [3.8, 4) is 0 Å². The number of hydroxylamine groups is 1. The molecule has 0 aliphatic heterocycles. The summed E-state index contributed by atoms with van der Waals surface area (Å²) in [6.45, 7) is -1.14. The second kappa shape index (κ2) is 8.91. The van der Waals surface area contributed by atoms with Crippen LogP contribution in [0.4, 0.5) is 33.3 Å². The van der Waals surface area contributed by atoms with Crippen molar-refractivity contribution in [2.45, 2.75) is 12.3 Å². The first-order valence-electron chi connectivity index (χ1n) is 7.61. The Bertz CT molecular complexity index is 848. The summed E-state index contributed by atoms with van der Waals surface area (Å²) in [6.07, 6.45) is -4.54. The molecule has 0 bridgehead atoms. The highest BCUT2D eigenvalue weighted by Gasteiger charge is 2.31. The molecule has 1 heterocycles. The number of hydrogen-bond donors (Lipinski definition) is 4. The Morgan fingerprint density at radius 3 is 2.61 bits per heavy atom. The van der Waals surface area contributed by atoms with Crippen molar-refractivity contribution in [2.24, 2.45) is 0 Å². The molecule has 1 aromatic carbocycles. The molecule has 0 radical (unpaired) electrons. The zero-order chi connectivity index (χ0) is 20.9. The summed E-state index contributed by atoms with van der Waals surface area (Å²) in [5, 5.41) is 20.0. The van der Waals surface area contributed by atoms with E-state index in [2.05, 4.69) is 15.1 Å². The van der Waals surface area contributed by atoms with Crippen molar-refractivity contribution < 1.29 is 41.8 Å². The molecule has 1 aromatic heterocycles. The monoisotopic (exact) mass is 407 g/mol. The van der Waals surface area contributed by atoms with E-state index in [0.29, 0.717) is 18.3 Å². The van der Waals surface area contributed by atoms with Gasteiger partial charge in [-0.15, -0.1) is 0 Å². The molecule has 28 heavy (non-hydrogen) atoms. The Morgan fingerprint density at radius 1 is 1.25 bits per heavy atom. The minimum atomic E-state index is -4.72. The van der Waals surface area contributed by atoms with Gasteiger partial charge in [-0.05, 0) is 18.2 Å². The average molecular weight is 407 g/mol. The predicted molar refractivity (Wildman–Crippen MR) is 85.4 cm³/mol. The number of anilines is 2. The lowest BCUT2D eigenvalue weighted by Gasteiger charge is -2.15. The number of nitrogens with zero attached hydrogens (tertiary/aromatic N) is 1. The van der Waals surface area contributed by atoms with Crippen molar-refractivity contribution in [3.63, 3.8) is 0 Å². The lowest BCUT2D eigenvalue weighted by atomic mass is 10.1.